The van der Waals surface area contributed by atoms with Gasteiger partial charge in [0.05, 0.1) is 15.8 Å². The molecule has 6 rings (SSSR count). The highest BCUT2D eigenvalue weighted by atomic mass is 32.1. The Labute approximate surface area is 223 Å². The summed E-state index contributed by atoms with van der Waals surface area (Å²) in [6.07, 6.45) is -2.55. The highest BCUT2D eigenvalue weighted by Gasteiger charge is 2.36. The maximum Gasteiger partial charge on any atom is 0.418 e. The zero-order valence-electron chi connectivity index (χ0n) is 21.4. The summed E-state index contributed by atoms with van der Waals surface area (Å²) in [5.74, 6) is 0. The number of hydrogen-bond acceptors (Lipinski definition) is 2. The fraction of sp³-hybridized carbons (Fsp3) is 0.182. The largest absolute Gasteiger partial charge is 0.418 e. The van der Waals surface area contributed by atoms with Crippen molar-refractivity contribution in [2.24, 2.45) is 5.41 Å². The number of nitrogens with zero attached hydrogens (tertiary/aromatic N) is 1. The number of benzene rings is 4. The van der Waals surface area contributed by atoms with Gasteiger partial charge in [0.25, 0.3) is 0 Å². The lowest BCUT2D eigenvalue weighted by atomic mass is 9.87. The van der Waals surface area contributed by atoms with Gasteiger partial charge >= 0.3 is 6.18 Å². The van der Waals surface area contributed by atoms with Gasteiger partial charge < -0.3 is 0 Å². The average molecular weight is 526 g/mol. The first-order valence-electron chi connectivity index (χ1n) is 12.6. The molecular formula is C33H26F3NS. The van der Waals surface area contributed by atoms with Crippen molar-refractivity contribution in [3.8, 4) is 22.3 Å². The smallest absolute Gasteiger partial charge is 0.254 e. The number of rotatable bonds is 3. The summed E-state index contributed by atoms with van der Waals surface area (Å²) in [5, 5.41) is 2.98. The van der Waals surface area contributed by atoms with Gasteiger partial charge in [0.15, 0.2) is 0 Å². The molecule has 1 nitrogen and oxygen atoms in total. The van der Waals surface area contributed by atoms with Crippen LogP contribution in [0, 0.1) is 5.41 Å². The number of halogens is 3. The van der Waals surface area contributed by atoms with E-state index in [1.54, 1.807) is 12.1 Å². The Hall–Kier alpha value is -3.70. The lowest BCUT2D eigenvalue weighted by Crippen LogP contribution is -2.08. The molecule has 6 aromatic rings. The van der Waals surface area contributed by atoms with Crippen LogP contribution < -0.4 is 0 Å². The van der Waals surface area contributed by atoms with Crippen LogP contribution in [0.2, 0.25) is 0 Å². The second kappa shape index (κ2) is 8.95. The van der Waals surface area contributed by atoms with Crippen LogP contribution in [0.3, 0.4) is 0 Å². The quantitative estimate of drug-likeness (QED) is 0.224. The summed E-state index contributed by atoms with van der Waals surface area (Å²) < 4.78 is 44.1. The zero-order chi connectivity index (χ0) is 26.7. The van der Waals surface area contributed by atoms with Crippen molar-refractivity contribution >= 4 is 42.4 Å². The number of fused-ring (bicyclic) bond motifs is 4. The first kappa shape index (κ1) is 24.6. The molecule has 190 valence electrons. The molecule has 2 heterocycles. The molecule has 0 fully saturated rings. The first-order valence-corrected chi connectivity index (χ1v) is 13.4. The van der Waals surface area contributed by atoms with Crippen molar-refractivity contribution < 1.29 is 13.2 Å². The Morgan fingerprint density at radius 3 is 1.92 bits per heavy atom. The molecule has 4 aromatic carbocycles. The fourth-order valence-corrected chi connectivity index (χ4v) is 6.40. The van der Waals surface area contributed by atoms with Gasteiger partial charge in [0.1, 0.15) is 0 Å². The van der Waals surface area contributed by atoms with Gasteiger partial charge in [0, 0.05) is 21.8 Å². The fourth-order valence-electron chi connectivity index (χ4n) is 5.14. The summed E-state index contributed by atoms with van der Waals surface area (Å²) in [5.41, 5.74) is 4.11. The third-order valence-corrected chi connectivity index (χ3v) is 8.01. The topological polar surface area (TPSA) is 12.9 Å². The summed E-state index contributed by atoms with van der Waals surface area (Å²) in [6.45, 7) is 6.64. The van der Waals surface area contributed by atoms with E-state index in [0.29, 0.717) is 15.8 Å². The van der Waals surface area contributed by atoms with Gasteiger partial charge in [-0.05, 0) is 57.0 Å². The number of pyridine rings is 1. The van der Waals surface area contributed by atoms with E-state index in [1.165, 1.54) is 16.9 Å². The van der Waals surface area contributed by atoms with E-state index < -0.39 is 11.7 Å². The van der Waals surface area contributed by atoms with Gasteiger partial charge in [-0.3, -0.25) is 4.98 Å². The minimum atomic E-state index is -4.51. The summed E-state index contributed by atoms with van der Waals surface area (Å²) in [7, 11) is 0. The van der Waals surface area contributed by atoms with Crippen LogP contribution >= 0.6 is 11.3 Å². The van der Waals surface area contributed by atoms with E-state index in [2.05, 4.69) is 50.0 Å². The van der Waals surface area contributed by atoms with Gasteiger partial charge in [-0.1, -0.05) is 93.6 Å². The normalized spacial score (nSPS) is 12.6. The minimum Gasteiger partial charge on any atom is -0.254 e. The van der Waals surface area contributed by atoms with Crippen LogP contribution in [-0.4, -0.2) is 4.98 Å². The van der Waals surface area contributed by atoms with Crippen molar-refractivity contribution in [2.75, 3.05) is 0 Å². The van der Waals surface area contributed by atoms with E-state index in [4.69, 9.17) is 0 Å². The van der Waals surface area contributed by atoms with Crippen LogP contribution in [0.15, 0.2) is 91.1 Å². The minimum absolute atomic E-state index is 0.194. The number of thiophene rings is 1. The number of hydrogen-bond donors (Lipinski definition) is 0. The molecule has 0 radical (unpaired) electrons. The van der Waals surface area contributed by atoms with Crippen molar-refractivity contribution in [3.63, 3.8) is 0 Å². The van der Waals surface area contributed by atoms with Gasteiger partial charge in [-0.2, -0.15) is 13.2 Å². The molecule has 0 aliphatic rings. The van der Waals surface area contributed by atoms with Gasteiger partial charge in [-0.15, -0.1) is 11.3 Å². The van der Waals surface area contributed by atoms with Crippen molar-refractivity contribution in [2.45, 2.75) is 33.4 Å². The molecule has 0 aliphatic heterocycles. The molecule has 2 aromatic heterocycles. The molecule has 38 heavy (non-hydrogen) atoms. The second-order valence-corrected chi connectivity index (χ2v) is 12.1. The Balaban J connectivity index is 1.47. The highest BCUT2D eigenvalue weighted by Crippen LogP contribution is 2.46. The Morgan fingerprint density at radius 2 is 1.32 bits per heavy atom. The molecule has 0 unspecified atom stereocenters. The molecule has 0 atom stereocenters. The van der Waals surface area contributed by atoms with Crippen LogP contribution in [-0.2, 0) is 12.6 Å². The molecule has 0 bridgehead atoms. The van der Waals surface area contributed by atoms with E-state index in [9.17, 15) is 13.2 Å². The van der Waals surface area contributed by atoms with Crippen LogP contribution in [0.25, 0.3) is 53.3 Å². The third-order valence-electron chi connectivity index (χ3n) is 6.85. The molecule has 5 heteroatoms. The molecule has 0 aliphatic carbocycles. The van der Waals surface area contributed by atoms with Crippen molar-refractivity contribution in [1.82, 2.24) is 4.98 Å². The molecular weight excluding hydrogens is 499 g/mol. The predicted octanol–water partition coefficient (Wildman–Crippen LogP) is 10.5. The van der Waals surface area contributed by atoms with E-state index >= 15 is 0 Å². The van der Waals surface area contributed by atoms with Crippen LogP contribution in [0.1, 0.15) is 31.9 Å². The van der Waals surface area contributed by atoms with Gasteiger partial charge in [-0.25, -0.2) is 0 Å². The summed E-state index contributed by atoms with van der Waals surface area (Å²) in [4.78, 5) is 4.32. The van der Waals surface area contributed by atoms with Crippen LogP contribution in [0.4, 0.5) is 13.2 Å². The van der Waals surface area contributed by atoms with E-state index in [-0.39, 0.29) is 11.0 Å². The molecule has 0 spiro atoms. The highest BCUT2D eigenvalue weighted by molar-refractivity contribution is 7.26. The lowest BCUT2D eigenvalue weighted by Gasteiger charge is -2.18. The van der Waals surface area contributed by atoms with Crippen LogP contribution in [0.5, 0.6) is 0 Å². The number of aromatic nitrogens is 1. The molecule has 0 N–H and O–H groups in total. The molecule has 0 saturated carbocycles. The summed E-state index contributed by atoms with van der Waals surface area (Å²) >= 11 is 1.37. The Bertz CT molecular complexity index is 1790. The molecule has 0 amide bonds. The third kappa shape index (κ3) is 4.56. The zero-order valence-corrected chi connectivity index (χ0v) is 22.2. The first-order chi connectivity index (χ1) is 18.1. The second-order valence-electron chi connectivity index (χ2n) is 11.0. The standard InChI is InChI=1S/C33H26F3NS/c1-32(2,3)18-20-8-10-21(11-9-20)22-12-14-23(15-13-22)29-27(33(34,35)36)19-37-30-26-16-24-6-4-5-7-25(24)17-28(26)38-31(29)30/h4-17,19H,18H2,1-3H3. The van der Waals surface area contributed by atoms with E-state index in [1.807, 2.05) is 48.5 Å². The maximum absolute atomic E-state index is 14.2. The maximum atomic E-state index is 14.2. The lowest BCUT2D eigenvalue weighted by molar-refractivity contribution is -0.137. The van der Waals surface area contributed by atoms with Gasteiger partial charge in [0.2, 0.25) is 0 Å². The summed E-state index contributed by atoms with van der Waals surface area (Å²) in [6, 6.07) is 27.8. The predicted molar refractivity (Wildman–Crippen MR) is 154 cm³/mol. The Kier molecular flexibility index (Phi) is 5.80. The molecule has 0 saturated heterocycles. The van der Waals surface area contributed by atoms with Crippen molar-refractivity contribution in [1.29, 1.82) is 0 Å². The monoisotopic (exact) mass is 525 g/mol. The Morgan fingerprint density at radius 1 is 0.737 bits per heavy atom. The van der Waals surface area contributed by atoms with Crippen molar-refractivity contribution in [3.05, 3.63) is 102 Å². The van der Waals surface area contributed by atoms with E-state index in [0.717, 1.165) is 44.6 Å². The number of alkyl halides is 3. The average Bonchev–Trinajstić information content (AvgIpc) is 3.23. The SMILES string of the molecule is CC(C)(C)Cc1ccc(-c2ccc(-c3c(C(F)(F)F)cnc4c3sc3cc5ccccc5cc34)cc2)cc1.